The molecule has 0 saturated carbocycles. The number of nitrogens with zero attached hydrogens (tertiary/aromatic N) is 1. The summed E-state index contributed by atoms with van der Waals surface area (Å²) in [5, 5.41) is 0. The third kappa shape index (κ3) is 4.35. The largest absolute Gasteiger partial charge is 0.342 e. The molecule has 0 radical (unpaired) electrons. The van der Waals surface area contributed by atoms with Gasteiger partial charge in [0.2, 0.25) is 5.91 Å². The first-order valence-electron chi connectivity index (χ1n) is 9.46. The highest BCUT2D eigenvalue weighted by molar-refractivity contribution is 5.79. The third-order valence-corrected chi connectivity index (χ3v) is 5.52. The molecular formula is C20H31N2O+. The van der Waals surface area contributed by atoms with E-state index in [9.17, 15) is 4.79 Å². The highest BCUT2D eigenvalue weighted by Gasteiger charge is 2.32. The summed E-state index contributed by atoms with van der Waals surface area (Å²) in [4.78, 5) is 16.5. The van der Waals surface area contributed by atoms with Gasteiger partial charge in [-0.25, -0.2) is 0 Å². The molecule has 126 valence electrons. The Kier molecular flexibility index (Phi) is 5.71. The number of hydrogen-bond donors (Lipinski definition) is 1. The fourth-order valence-electron chi connectivity index (χ4n) is 4.08. The van der Waals surface area contributed by atoms with Crippen molar-refractivity contribution >= 4 is 5.91 Å². The summed E-state index contributed by atoms with van der Waals surface area (Å²) in [6, 6.07) is 9.02. The van der Waals surface area contributed by atoms with Crippen LogP contribution in [0.1, 0.15) is 50.2 Å². The lowest BCUT2D eigenvalue weighted by Gasteiger charge is -2.34. The highest BCUT2D eigenvalue weighted by Crippen LogP contribution is 2.16. The number of rotatable bonds is 4. The number of likely N-dealkylation sites (tertiary alicyclic amines) is 2. The highest BCUT2D eigenvalue weighted by atomic mass is 16.2. The van der Waals surface area contributed by atoms with E-state index in [-0.39, 0.29) is 5.92 Å². The number of hydrogen-bond acceptors (Lipinski definition) is 1. The van der Waals surface area contributed by atoms with Gasteiger partial charge >= 0.3 is 0 Å². The number of carbonyl (C=O) groups excluding carboxylic acids is 1. The zero-order chi connectivity index (χ0) is 16.1. The first-order valence-corrected chi connectivity index (χ1v) is 9.46. The zero-order valence-corrected chi connectivity index (χ0v) is 14.5. The molecule has 0 bridgehead atoms. The monoisotopic (exact) mass is 315 g/mol. The molecule has 0 aliphatic carbocycles. The van der Waals surface area contributed by atoms with Gasteiger partial charge in [-0.05, 0) is 44.1 Å². The first-order chi connectivity index (χ1) is 11.3. The minimum Gasteiger partial charge on any atom is -0.342 e. The fraction of sp³-hybridized carbons (Fsp3) is 0.650. The Morgan fingerprint density at radius 3 is 2.48 bits per heavy atom. The molecule has 2 atom stereocenters. The van der Waals surface area contributed by atoms with Crippen molar-refractivity contribution in [2.75, 3.05) is 26.2 Å². The van der Waals surface area contributed by atoms with Crippen molar-refractivity contribution in [1.82, 2.24) is 4.90 Å². The first kappa shape index (κ1) is 16.5. The molecule has 3 heteroatoms. The van der Waals surface area contributed by atoms with Crippen molar-refractivity contribution in [3.05, 3.63) is 35.4 Å². The van der Waals surface area contributed by atoms with Gasteiger partial charge in [-0.1, -0.05) is 31.2 Å². The van der Waals surface area contributed by atoms with Gasteiger partial charge < -0.3 is 9.80 Å². The molecule has 1 N–H and O–H groups in total. The molecular weight excluding hydrogens is 284 g/mol. The normalized spacial score (nSPS) is 25.3. The molecule has 2 aliphatic rings. The molecule has 2 aliphatic heterocycles. The number of piperidine rings is 2. The van der Waals surface area contributed by atoms with E-state index in [1.54, 1.807) is 4.90 Å². The molecule has 0 aromatic heterocycles. The molecule has 1 unspecified atom stereocenters. The second kappa shape index (κ2) is 7.96. The summed E-state index contributed by atoms with van der Waals surface area (Å²) >= 11 is 0. The molecule has 23 heavy (non-hydrogen) atoms. The van der Waals surface area contributed by atoms with Crippen LogP contribution in [0.4, 0.5) is 0 Å². The Morgan fingerprint density at radius 1 is 1.09 bits per heavy atom. The van der Waals surface area contributed by atoms with E-state index in [0.717, 1.165) is 39.0 Å². The van der Waals surface area contributed by atoms with Crippen molar-refractivity contribution in [3.8, 4) is 0 Å². The van der Waals surface area contributed by atoms with Gasteiger partial charge in [-0.3, -0.25) is 4.79 Å². The summed E-state index contributed by atoms with van der Waals surface area (Å²) in [5.74, 6) is 0.690. The van der Waals surface area contributed by atoms with Crippen molar-refractivity contribution in [2.24, 2.45) is 5.92 Å². The van der Waals surface area contributed by atoms with E-state index in [0.29, 0.717) is 5.91 Å². The summed E-state index contributed by atoms with van der Waals surface area (Å²) in [5.41, 5.74) is 2.81. The SMILES string of the molecule is CCc1ccc(C[NH+]2CCC[C@@H](C(=O)N3CCCCC3)C2)cc1. The van der Waals surface area contributed by atoms with Crippen molar-refractivity contribution < 1.29 is 9.69 Å². The van der Waals surface area contributed by atoms with E-state index < -0.39 is 0 Å². The zero-order valence-electron chi connectivity index (χ0n) is 14.5. The molecule has 3 rings (SSSR count). The van der Waals surface area contributed by atoms with Crippen LogP contribution >= 0.6 is 0 Å². The fourth-order valence-corrected chi connectivity index (χ4v) is 4.08. The maximum atomic E-state index is 12.7. The lowest BCUT2D eigenvalue weighted by molar-refractivity contribution is -0.921. The standard InChI is InChI=1S/C20H30N2O/c1-2-17-8-10-18(11-9-17)15-21-12-6-7-19(16-21)20(23)22-13-4-3-5-14-22/h8-11,19H,2-7,12-16H2,1H3/p+1/t19-/m1/s1. The van der Waals surface area contributed by atoms with Gasteiger partial charge in [0.05, 0.1) is 19.0 Å². The van der Waals surface area contributed by atoms with Crippen LogP contribution in [0.5, 0.6) is 0 Å². The second-order valence-corrected chi connectivity index (χ2v) is 7.28. The molecule has 2 fully saturated rings. The lowest BCUT2D eigenvalue weighted by atomic mass is 9.95. The predicted octanol–water partition coefficient (Wildman–Crippen LogP) is 2.06. The second-order valence-electron chi connectivity index (χ2n) is 7.28. The minimum atomic E-state index is 0.256. The topological polar surface area (TPSA) is 24.8 Å². The van der Waals surface area contributed by atoms with Crippen molar-refractivity contribution in [3.63, 3.8) is 0 Å². The Labute approximate surface area is 140 Å². The number of nitrogens with one attached hydrogen (secondary N) is 1. The van der Waals surface area contributed by atoms with Gasteiger partial charge in [-0.15, -0.1) is 0 Å². The Hall–Kier alpha value is -1.35. The van der Waals surface area contributed by atoms with Crippen LogP contribution in [0, 0.1) is 5.92 Å². The van der Waals surface area contributed by atoms with Gasteiger partial charge in [0, 0.05) is 18.7 Å². The Balaban J connectivity index is 1.55. The number of aryl methyl sites for hydroxylation is 1. The Bertz CT molecular complexity index is 505. The summed E-state index contributed by atoms with van der Waals surface area (Å²) < 4.78 is 0. The number of carbonyl (C=O) groups is 1. The minimum absolute atomic E-state index is 0.256. The van der Waals surface area contributed by atoms with Crippen LogP contribution in [-0.2, 0) is 17.8 Å². The van der Waals surface area contributed by atoms with Crippen LogP contribution < -0.4 is 4.90 Å². The average Bonchev–Trinajstić information content (AvgIpc) is 2.63. The van der Waals surface area contributed by atoms with E-state index >= 15 is 0 Å². The van der Waals surface area contributed by atoms with E-state index in [4.69, 9.17) is 0 Å². The van der Waals surface area contributed by atoms with Crippen LogP contribution in [0.2, 0.25) is 0 Å². The number of quaternary nitrogens is 1. The number of benzene rings is 1. The molecule has 0 spiro atoms. The van der Waals surface area contributed by atoms with Gasteiger partial charge in [0.25, 0.3) is 0 Å². The van der Waals surface area contributed by atoms with Crippen molar-refractivity contribution in [1.29, 1.82) is 0 Å². The summed E-state index contributed by atoms with van der Waals surface area (Å²) in [7, 11) is 0. The van der Waals surface area contributed by atoms with Gasteiger partial charge in [0.15, 0.2) is 0 Å². The average molecular weight is 315 g/mol. The van der Waals surface area contributed by atoms with Crippen LogP contribution in [0.3, 0.4) is 0 Å². The third-order valence-electron chi connectivity index (χ3n) is 5.52. The van der Waals surface area contributed by atoms with Crippen LogP contribution in [0.25, 0.3) is 0 Å². The van der Waals surface area contributed by atoms with Crippen molar-refractivity contribution in [2.45, 2.75) is 52.0 Å². The molecule has 2 saturated heterocycles. The molecule has 3 nitrogen and oxygen atoms in total. The summed E-state index contributed by atoms with van der Waals surface area (Å²) in [6.45, 7) is 7.46. The smallest absolute Gasteiger partial charge is 0.231 e. The van der Waals surface area contributed by atoms with E-state index in [2.05, 4.69) is 36.1 Å². The lowest BCUT2D eigenvalue weighted by Crippen LogP contribution is -3.12. The molecule has 1 aromatic carbocycles. The van der Waals surface area contributed by atoms with E-state index in [1.165, 1.54) is 43.4 Å². The van der Waals surface area contributed by atoms with Crippen LogP contribution in [0.15, 0.2) is 24.3 Å². The van der Waals surface area contributed by atoms with Gasteiger partial charge in [0.1, 0.15) is 6.54 Å². The molecule has 1 amide bonds. The predicted molar refractivity (Wildman–Crippen MR) is 93.4 cm³/mol. The maximum absolute atomic E-state index is 12.7. The Morgan fingerprint density at radius 2 is 1.78 bits per heavy atom. The number of amides is 1. The van der Waals surface area contributed by atoms with Gasteiger partial charge in [-0.2, -0.15) is 0 Å². The van der Waals surface area contributed by atoms with E-state index in [1.807, 2.05) is 0 Å². The molecule has 1 aromatic rings. The quantitative estimate of drug-likeness (QED) is 0.904. The maximum Gasteiger partial charge on any atom is 0.231 e. The summed E-state index contributed by atoms with van der Waals surface area (Å²) in [6.07, 6.45) is 7.06. The van der Waals surface area contributed by atoms with Crippen LogP contribution in [-0.4, -0.2) is 37.0 Å². The molecule has 2 heterocycles.